The number of hydrogen-bond donors (Lipinski definition) is 1. The number of piperidine rings is 1. The molecular weight excluding hydrogens is 400 g/mol. The van der Waals surface area contributed by atoms with Crippen LogP contribution < -0.4 is 15.0 Å². The quantitative estimate of drug-likeness (QED) is 0.666. The molecule has 3 aromatic rings. The number of ether oxygens (including phenoxy) is 1. The van der Waals surface area contributed by atoms with E-state index in [1.807, 2.05) is 24.3 Å². The summed E-state index contributed by atoms with van der Waals surface area (Å²) in [6.45, 7) is 1.40. The molecule has 1 N–H and O–H groups in total. The molecule has 152 valence electrons. The molecule has 2 heterocycles. The standard InChI is InChI=1S/C23H21ClN4O2/c1-30-21-7-6-17(12-19(21)24)27-23(29)15-8-10-28(11-9-15)22-16(13-25)14-26-20-5-3-2-4-18(20)22/h2-7,12,14-15H,8-11H2,1H3,(H,27,29). The monoisotopic (exact) mass is 420 g/mol. The lowest BCUT2D eigenvalue weighted by Gasteiger charge is -2.34. The molecule has 30 heavy (non-hydrogen) atoms. The van der Waals surface area contributed by atoms with Crippen LogP contribution in [-0.4, -0.2) is 31.1 Å². The fourth-order valence-corrected chi connectivity index (χ4v) is 4.16. The summed E-state index contributed by atoms with van der Waals surface area (Å²) in [6.07, 6.45) is 3.04. The smallest absolute Gasteiger partial charge is 0.227 e. The van der Waals surface area contributed by atoms with Crippen LogP contribution >= 0.6 is 11.6 Å². The van der Waals surface area contributed by atoms with Gasteiger partial charge in [0.15, 0.2) is 0 Å². The van der Waals surface area contributed by atoms with Crippen molar-refractivity contribution in [1.82, 2.24) is 4.98 Å². The van der Waals surface area contributed by atoms with Crippen molar-refractivity contribution in [1.29, 1.82) is 5.26 Å². The molecule has 1 aliphatic heterocycles. The van der Waals surface area contributed by atoms with Crippen LogP contribution in [0, 0.1) is 17.2 Å². The summed E-state index contributed by atoms with van der Waals surface area (Å²) in [5, 5.41) is 13.9. The summed E-state index contributed by atoms with van der Waals surface area (Å²) >= 11 is 6.15. The van der Waals surface area contributed by atoms with Crippen LogP contribution in [0.15, 0.2) is 48.7 Å². The Morgan fingerprint density at radius 3 is 2.73 bits per heavy atom. The molecule has 0 aliphatic carbocycles. The maximum atomic E-state index is 12.7. The van der Waals surface area contributed by atoms with Gasteiger partial charge in [0.1, 0.15) is 11.8 Å². The van der Waals surface area contributed by atoms with Gasteiger partial charge in [0, 0.05) is 36.3 Å². The van der Waals surface area contributed by atoms with Gasteiger partial charge >= 0.3 is 0 Å². The molecule has 2 aromatic carbocycles. The van der Waals surface area contributed by atoms with E-state index in [1.165, 1.54) is 0 Å². The summed E-state index contributed by atoms with van der Waals surface area (Å²) < 4.78 is 5.15. The van der Waals surface area contributed by atoms with Gasteiger partial charge < -0.3 is 15.0 Å². The van der Waals surface area contributed by atoms with Gasteiger partial charge in [-0.15, -0.1) is 0 Å². The van der Waals surface area contributed by atoms with Crippen LogP contribution in [0.5, 0.6) is 5.75 Å². The molecule has 1 aromatic heterocycles. The molecule has 4 rings (SSSR count). The Morgan fingerprint density at radius 2 is 2.03 bits per heavy atom. The number of carbonyl (C=O) groups is 1. The van der Waals surface area contributed by atoms with Crippen molar-refractivity contribution in [2.24, 2.45) is 5.92 Å². The predicted molar refractivity (Wildman–Crippen MR) is 118 cm³/mol. The van der Waals surface area contributed by atoms with Crippen LogP contribution in [0.3, 0.4) is 0 Å². The third kappa shape index (κ3) is 3.89. The van der Waals surface area contributed by atoms with Crippen molar-refractivity contribution >= 4 is 39.8 Å². The summed E-state index contributed by atoms with van der Waals surface area (Å²) in [5.41, 5.74) is 2.98. The molecule has 0 radical (unpaired) electrons. The third-order valence-electron chi connectivity index (χ3n) is 5.47. The van der Waals surface area contributed by atoms with Gasteiger partial charge in [0.05, 0.1) is 28.9 Å². The lowest BCUT2D eigenvalue weighted by Crippen LogP contribution is -2.38. The molecule has 1 fully saturated rings. The molecule has 1 amide bonds. The number of hydrogen-bond acceptors (Lipinski definition) is 5. The number of para-hydroxylation sites is 1. The zero-order valence-corrected chi connectivity index (χ0v) is 17.3. The van der Waals surface area contributed by atoms with Gasteiger partial charge in [0.2, 0.25) is 5.91 Å². The van der Waals surface area contributed by atoms with E-state index in [4.69, 9.17) is 16.3 Å². The molecule has 0 bridgehead atoms. The number of benzene rings is 2. The lowest BCUT2D eigenvalue weighted by atomic mass is 9.94. The number of pyridine rings is 1. The molecule has 0 unspecified atom stereocenters. The number of nitriles is 1. The Labute approximate surface area is 180 Å². The van der Waals surface area contributed by atoms with Crippen molar-refractivity contribution in [3.8, 4) is 11.8 Å². The van der Waals surface area contributed by atoms with Gasteiger partial charge in [0.25, 0.3) is 0 Å². The first-order valence-corrected chi connectivity index (χ1v) is 10.2. The topological polar surface area (TPSA) is 78.2 Å². The highest BCUT2D eigenvalue weighted by Gasteiger charge is 2.27. The maximum Gasteiger partial charge on any atom is 0.227 e. The zero-order chi connectivity index (χ0) is 21.1. The minimum atomic E-state index is -0.0965. The number of rotatable bonds is 4. The predicted octanol–water partition coefficient (Wildman–Crippen LogP) is 4.62. The highest BCUT2D eigenvalue weighted by molar-refractivity contribution is 6.32. The normalized spacial score (nSPS) is 14.4. The number of amides is 1. The molecule has 0 spiro atoms. The number of nitrogens with zero attached hydrogens (tertiary/aromatic N) is 3. The molecule has 1 saturated heterocycles. The Morgan fingerprint density at radius 1 is 1.27 bits per heavy atom. The highest BCUT2D eigenvalue weighted by atomic mass is 35.5. The van der Waals surface area contributed by atoms with Crippen LogP contribution in [0.25, 0.3) is 10.9 Å². The number of fused-ring (bicyclic) bond motifs is 1. The number of halogens is 1. The zero-order valence-electron chi connectivity index (χ0n) is 16.6. The summed E-state index contributed by atoms with van der Waals surface area (Å²) in [7, 11) is 1.55. The van der Waals surface area contributed by atoms with Crippen molar-refractivity contribution in [2.75, 3.05) is 30.4 Å². The van der Waals surface area contributed by atoms with Gasteiger partial charge in [-0.25, -0.2) is 0 Å². The maximum absolute atomic E-state index is 12.7. The average molecular weight is 421 g/mol. The SMILES string of the molecule is COc1ccc(NC(=O)C2CCN(c3c(C#N)cnc4ccccc34)CC2)cc1Cl. The van der Waals surface area contributed by atoms with Crippen molar-refractivity contribution < 1.29 is 9.53 Å². The number of methoxy groups -OCH3 is 1. The van der Waals surface area contributed by atoms with E-state index in [0.29, 0.717) is 48.0 Å². The van der Waals surface area contributed by atoms with Crippen LogP contribution in [0.1, 0.15) is 18.4 Å². The van der Waals surface area contributed by atoms with Crippen molar-refractivity contribution in [3.63, 3.8) is 0 Å². The number of carbonyl (C=O) groups excluding carboxylic acids is 1. The van der Waals surface area contributed by atoms with E-state index >= 15 is 0 Å². The summed E-state index contributed by atoms with van der Waals surface area (Å²) in [4.78, 5) is 19.3. The van der Waals surface area contributed by atoms with E-state index in [9.17, 15) is 10.1 Å². The fourth-order valence-electron chi connectivity index (χ4n) is 3.90. The molecule has 0 saturated carbocycles. The summed E-state index contributed by atoms with van der Waals surface area (Å²) in [5.74, 6) is 0.456. The second-order valence-corrected chi connectivity index (χ2v) is 7.66. The van der Waals surface area contributed by atoms with Crippen LogP contribution in [0.4, 0.5) is 11.4 Å². The van der Waals surface area contributed by atoms with Crippen molar-refractivity contribution in [3.05, 3.63) is 59.2 Å². The Kier molecular flexibility index (Phi) is 5.73. The van der Waals surface area contributed by atoms with Crippen LogP contribution in [0.2, 0.25) is 5.02 Å². The molecule has 6 nitrogen and oxygen atoms in total. The average Bonchev–Trinajstić information content (AvgIpc) is 2.78. The van der Waals surface area contributed by atoms with Crippen LogP contribution in [-0.2, 0) is 4.79 Å². The Hall–Kier alpha value is -3.30. The third-order valence-corrected chi connectivity index (χ3v) is 5.76. The van der Waals surface area contributed by atoms with E-state index in [2.05, 4.69) is 21.3 Å². The van der Waals surface area contributed by atoms with E-state index < -0.39 is 0 Å². The second kappa shape index (κ2) is 8.60. The minimum Gasteiger partial charge on any atom is -0.495 e. The number of aromatic nitrogens is 1. The Balaban J connectivity index is 1.47. The lowest BCUT2D eigenvalue weighted by molar-refractivity contribution is -0.120. The van der Waals surface area contributed by atoms with Crippen molar-refractivity contribution in [2.45, 2.75) is 12.8 Å². The largest absolute Gasteiger partial charge is 0.495 e. The van der Waals surface area contributed by atoms with Gasteiger partial charge in [-0.05, 0) is 37.1 Å². The summed E-state index contributed by atoms with van der Waals surface area (Å²) in [6, 6.07) is 15.3. The first-order valence-electron chi connectivity index (χ1n) is 9.78. The molecule has 0 atom stereocenters. The number of anilines is 2. The fraction of sp³-hybridized carbons (Fsp3) is 0.261. The minimum absolute atomic E-state index is 0.0176. The van der Waals surface area contributed by atoms with E-state index in [0.717, 1.165) is 16.6 Å². The van der Waals surface area contributed by atoms with E-state index in [-0.39, 0.29) is 11.8 Å². The number of nitrogens with one attached hydrogen (secondary N) is 1. The first-order chi connectivity index (χ1) is 14.6. The van der Waals surface area contributed by atoms with Gasteiger partial charge in [-0.3, -0.25) is 9.78 Å². The molecular formula is C23H21ClN4O2. The Bertz CT molecular complexity index is 1130. The molecule has 1 aliphatic rings. The van der Waals surface area contributed by atoms with Gasteiger partial charge in [-0.2, -0.15) is 5.26 Å². The van der Waals surface area contributed by atoms with Gasteiger partial charge in [-0.1, -0.05) is 29.8 Å². The second-order valence-electron chi connectivity index (χ2n) is 7.25. The first kappa shape index (κ1) is 20.0. The van der Waals surface area contributed by atoms with E-state index in [1.54, 1.807) is 31.5 Å². The molecule has 7 heteroatoms. The highest BCUT2D eigenvalue weighted by Crippen LogP contribution is 2.33.